The van der Waals surface area contributed by atoms with Gasteiger partial charge in [0.1, 0.15) is 42.2 Å². The number of aliphatic hydroxyl groups is 2. The van der Waals surface area contributed by atoms with Crippen LogP contribution in [0.1, 0.15) is 66.2 Å². The normalized spacial score (nSPS) is 42.3. The average Bonchev–Trinajstić information content (AvgIpc) is 3.33. The van der Waals surface area contributed by atoms with Crippen LogP contribution in [-0.2, 0) is 23.7 Å². The zero-order valence-electron chi connectivity index (χ0n) is 27.5. The Bertz CT molecular complexity index is 1450. The number of hydrogen-bond donors (Lipinski definition) is 2. The Hall–Kier alpha value is -2.17. The van der Waals surface area contributed by atoms with Crippen LogP contribution in [0.3, 0.4) is 0 Å². The van der Waals surface area contributed by atoms with Crippen molar-refractivity contribution in [2.45, 2.75) is 108 Å². The second-order valence-electron chi connectivity index (χ2n) is 14.1. The van der Waals surface area contributed by atoms with E-state index in [-0.39, 0.29) is 31.3 Å². The van der Waals surface area contributed by atoms with Gasteiger partial charge in [-0.25, -0.2) is 0 Å². The fourth-order valence-electron chi connectivity index (χ4n) is 7.67. The minimum atomic E-state index is -1.83. The van der Waals surface area contributed by atoms with Gasteiger partial charge in [0.2, 0.25) is 0 Å². The molecule has 0 saturated carbocycles. The third-order valence-corrected chi connectivity index (χ3v) is 10.8. The predicted molar refractivity (Wildman–Crippen MR) is 179 cm³/mol. The van der Waals surface area contributed by atoms with E-state index in [0.717, 1.165) is 12.8 Å². The molecule has 0 amide bonds. The summed E-state index contributed by atoms with van der Waals surface area (Å²) in [6, 6.07) is 4.82. The summed E-state index contributed by atoms with van der Waals surface area (Å²) < 4.78 is 31.5. The molecule has 2 N–H and O–H groups in total. The van der Waals surface area contributed by atoms with Crippen molar-refractivity contribution in [1.82, 2.24) is 0 Å². The number of carbonyl (C=O) groups is 1. The van der Waals surface area contributed by atoms with Gasteiger partial charge in [-0.2, -0.15) is 0 Å². The van der Waals surface area contributed by atoms with Crippen LogP contribution >= 0.6 is 23.2 Å². The Morgan fingerprint density at radius 3 is 2.60 bits per heavy atom. The molecule has 8 nitrogen and oxygen atoms in total. The summed E-state index contributed by atoms with van der Waals surface area (Å²) in [7, 11) is 0. The first-order chi connectivity index (χ1) is 22.3. The molecular formula is C37H46Cl2O8. The van der Waals surface area contributed by atoms with E-state index in [1.807, 2.05) is 6.08 Å². The fourth-order valence-corrected chi connectivity index (χ4v) is 8.18. The van der Waals surface area contributed by atoms with Gasteiger partial charge in [-0.05, 0) is 74.3 Å². The lowest BCUT2D eigenvalue weighted by Gasteiger charge is -2.49. The molecule has 1 spiro atoms. The van der Waals surface area contributed by atoms with Crippen molar-refractivity contribution >= 4 is 29.2 Å². The molecule has 6 rings (SSSR count). The number of hydrogen-bond acceptors (Lipinski definition) is 8. The first-order valence-corrected chi connectivity index (χ1v) is 17.5. The fraction of sp³-hybridized carbons (Fsp3) is 0.595. The molecule has 1 aromatic rings. The molecule has 0 aromatic heterocycles. The van der Waals surface area contributed by atoms with Crippen molar-refractivity contribution in [3.05, 3.63) is 75.3 Å². The molecule has 10 atom stereocenters. The number of halogens is 2. The molecule has 47 heavy (non-hydrogen) atoms. The number of fused-ring (bicyclic) bond motifs is 2. The van der Waals surface area contributed by atoms with E-state index >= 15 is 0 Å². The lowest BCUT2D eigenvalue weighted by Crippen LogP contribution is -2.58. The zero-order chi connectivity index (χ0) is 33.5. The number of aliphatic hydroxyl groups excluding tert-OH is 1. The number of rotatable bonds is 3. The maximum Gasteiger partial charge on any atom is 0.316 e. The highest BCUT2D eigenvalue weighted by Crippen LogP contribution is 2.47. The highest BCUT2D eigenvalue weighted by Gasteiger charge is 2.60. The van der Waals surface area contributed by atoms with Gasteiger partial charge in [0.25, 0.3) is 0 Å². The Morgan fingerprint density at radius 2 is 1.85 bits per heavy atom. The second-order valence-corrected chi connectivity index (χ2v) is 15.0. The first-order valence-electron chi connectivity index (χ1n) is 16.8. The molecule has 5 aliphatic rings. The molecule has 0 radical (unpaired) electrons. The molecule has 1 aliphatic carbocycles. The molecule has 4 heterocycles. The maximum atomic E-state index is 14.3. The van der Waals surface area contributed by atoms with Crippen molar-refractivity contribution in [2.24, 2.45) is 17.8 Å². The third kappa shape index (κ3) is 7.40. The van der Waals surface area contributed by atoms with Gasteiger partial charge < -0.3 is 33.9 Å². The van der Waals surface area contributed by atoms with E-state index < -0.39 is 41.6 Å². The van der Waals surface area contributed by atoms with Crippen LogP contribution in [0, 0.1) is 17.8 Å². The number of benzene rings is 1. The number of esters is 1. The number of carbonyl (C=O) groups excluding carboxylic acids is 1. The molecule has 3 saturated heterocycles. The highest BCUT2D eigenvalue weighted by atomic mass is 35.5. The molecule has 1 aromatic carbocycles. The summed E-state index contributed by atoms with van der Waals surface area (Å²) in [5.41, 5.74) is 0.318. The van der Waals surface area contributed by atoms with Gasteiger partial charge in [-0.1, -0.05) is 73.0 Å². The summed E-state index contributed by atoms with van der Waals surface area (Å²) in [5.74, 6) is -1.56. The average molecular weight is 690 g/mol. The minimum Gasteiger partial charge on any atom is -0.489 e. The SMILES string of the molecule is C/C1=C\CC2CC(CC3(CC[C@H](C)[C@@H](C)O3)O2)OC(=O)C2C=C(COc3cc(Cl)cc(Cl)c3)[C@@H](O)C3OC/C(=C\C=C\[C@H](C)C1)[C@@]23O. The van der Waals surface area contributed by atoms with Crippen molar-refractivity contribution in [2.75, 3.05) is 13.2 Å². The number of allylic oxidation sites excluding steroid dienone is 4. The Balaban J connectivity index is 1.35. The van der Waals surface area contributed by atoms with Crippen LogP contribution in [0.4, 0.5) is 0 Å². The van der Waals surface area contributed by atoms with Gasteiger partial charge in [0.05, 0.1) is 18.8 Å². The Labute approximate surface area is 287 Å². The maximum absolute atomic E-state index is 14.3. The van der Waals surface area contributed by atoms with E-state index in [2.05, 4.69) is 39.8 Å². The molecule has 3 fully saturated rings. The molecule has 5 unspecified atom stereocenters. The summed E-state index contributed by atoms with van der Waals surface area (Å²) in [6.45, 7) is 8.50. The topological polar surface area (TPSA) is 104 Å². The second kappa shape index (κ2) is 14.0. The first kappa shape index (κ1) is 34.7. The van der Waals surface area contributed by atoms with E-state index in [9.17, 15) is 15.0 Å². The molecule has 4 aliphatic heterocycles. The van der Waals surface area contributed by atoms with E-state index in [4.69, 9.17) is 46.9 Å². The van der Waals surface area contributed by atoms with Crippen LogP contribution in [0.5, 0.6) is 5.75 Å². The lowest BCUT2D eigenvalue weighted by atomic mass is 9.70. The summed E-state index contributed by atoms with van der Waals surface area (Å²) in [5, 5.41) is 24.7. The van der Waals surface area contributed by atoms with Crippen LogP contribution < -0.4 is 4.74 Å². The van der Waals surface area contributed by atoms with Crippen LogP contribution in [0.25, 0.3) is 0 Å². The zero-order valence-corrected chi connectivity index (χ0v) is 29.0. The van der Waals surface area contributed by atoms with Crippen LogP contribution in [0.15, 0.2) is 65.3 Å². The predicted octanol–water partition coefficient (Wildman–Crippen LogP) is 6.90. The van der Waals surface area contributed by atoms with Gasteiger partial charge in [0.15, 0.2) is 5.79 Å². The number of ether oxygens (including phenoxy) is 5. The summed E-state index contributed by atoms with van der Waals surface area (Å²) >= 11 is 12.3. The van der Waals surface area contributed by atoms with Gasteiger partial charge in [0, 0.05) is 29.3 Å². The highest BCUT2D eigenvalue weighted by molar-refractivity contribution is 6.34. The van der Waals surface area contributed by atoms with Gasteiger partial charge in [-0.3, -0.25) is 4.79 Å². The van der Waals surface area contributed by atoms with E-state index in [0.29, 0.717) is 58.5 Å². The Kier molecular flexibility index (Phi) is 10.3. The van der Waals surface area contributed by atoms with Crippen molar-refractivity contribution in [1.29, 1.82) is 0 Å². The van der Waals surface area contributed by atoms with Crippen LogP contribution in [0.2, 0.25) is 10.0 Å². The Morgan fingerprint density at radius 1 is 1.09 bits per heavy atom. The molecule has 256 valence electrons. The summed E-state index contributed by atoms with van der Waals surface area (Å²) in [6.07, 6.45) is 10.7. The smallest absolute Gasteiger partial charge is 0.316 e. The van der Waals surface area contributed by atoms with Crippen molar-refractivity contribution in [3.8, 4) is 5.75 Å². The van der Waals surface area contributed by atoms with Crippen molar-refractivity contribution < 1.29 is 38.7 Å². The standard InChI is InChI=1S/C37H46Cl2O8/c1-21-6-5-7-26-20-44-34-33(40)25(19-43-30-15-27(38)14-28(39)16-30)13-32(37(26,34)42)35(41)45-31-17-29(9-8-22(2)12-21)47-36(18-31)11-10-23(3)24(4)46-36/h5-8,13-16,21,23-24,29,31-34,40,42H,9-12,17-20H2,1-4H3/b6-5+,22-8+,26-7+/t21-,23-,24+,29?,31?,32?,33+,34?,36?,37+/m0/s1. The van der Waals surface area contributed by atoms with E-state index in [1.165, 1.54) is 5.57 Å². The monoisotopic (exact) mass is 688 g/mol. The largest absolute Gasteiger partial charge is 0.489 e. The summed E-state index contributed by atoms with van der Waals surface area (Å²) in [4.78, 5) is 14.3. The lowest BCUT2D eigenvalue weighted by molar-refractivity contribution is -0.332. The molecular weight excluding hydrogens is 643 g/mol. The van der Waals surface area contributed by atoms with Crippen molar-refractivity contribution in [3.63, 3.8) is 0 Å². The van der Waals surface area contributed by atoms with Crippen LogP contribution in [-0.4, -0.2) is 71.3 Å². The quantitative estimate of drug-likeness (QED) is 0.261. The van der Waals surface area contributed by atoms with Gasteiger partial charge >= 0.3 is 5.97 Å². The van der Waals surface area contributed by atoms with Gasteiger partial charge in [-0.15, -0.1) is 0 Å². The van der Waals surface area contributed by atoms with E-state index in [1.54, 1.807) is 30.4 Å². The third-order valence-electron chi connectivity index (χ3n) is 10.4. The minimum absolute atomic E-state index is 0.00567. The molecule has 2 bridgehead atoms. The molecule has 10 heteroatoms.